The molecule has 2 aromatic carbocycles. The number of sulfonamides is 1. The first-order valence-electron chi connectivity index (χ1n) is 10.9. The van der Waals surface area contributed by atoms with Crippen molar-refractivity contribution in [3.63, 3.8) is 0 Å². The van der Waals surface area contributed by atoms with Gasteiger partial charge in [0.25, 0.3) is 5.91 Å². The molecule has 2 atom stereocenters. The third-order valence-corrected chi connectivity index (χ3v) is 7.22. The minimum Gasteiger partial charge on any atom is -0.486 e. The predicted octanol–water partition coefficient (Wildman–Crippen LogP) is 3.18. The highest BCUT2D eigenvalue weighted by Gasteiger charge is 2.30. The highest BCUT2D eigenvalue weighted by Crippen LogP contribution is 2.22. The first-order valence-corrected chi connectivity index (χ1v) is 12.5. The number of morpholine rings is 1. The molecular formula is C24H28N2O6S. The smallest absolute Gasteiger partial charge is 0.287 e. The molecule has 1 saturated heterocycles. The third-order valence-electron chi connectivity index (χ3n) is 5.41. The Kier molecular flexibility index (Phi) is 7.02. The molecule has 1 N–H and O–H groups in total. The van der Waals surface area contributed by atoms with E-state index in [1.807, 2.05) is 56.3 Å². The van der Waals surface area contributed by atoms with Gasteiger partial charge in [-0.15, -0.1) is 0 Å². The van der Waals surface area contributed by atoms with Crippen molar-refractivity contribution in [2.45, 2.75) is 32.7 Å². The molecule has 0 spiro atoms. The summed E-state index contributed by atoms with van der Waals surface area (Å²) in [4.78, 5) is 12.4. The molecule has 1 aromatic heterocycles. The van der Waals surface area contributed by atoms with Gasteiger partial charge in [0, 0.05) is 19.6 Å². The van der Waals surface area contributed by atoms with Crippen LogP contribution in [0.25, 0.3) is 10.8 Å². The van der Waals surface area contributed by atoms with Crippen molar-refractivity contribution in [3.05, 3.63) is 66.1 Å². The quantitative estimate of drug-likeness (QED) is 0.541. The Morgan fingerprint density at radius 3 is 2.55 bits per heavy atom. The molecule has 0 aliphatic carbocycles. The number of hydrogen-bond acceptors (Lipinski definition) is 6. The summed E-state index contributed by atoms with van der Waals surface area (Å²) in [6, 6.07) is 17.0. The van der Waals surface area contributed by atoms with Gasteiger partial charge >= 0.3 is 0 Å². The van der Waals surface area contributed by atoms with Gasteiger partial charge in [0.1, 0.15) is 18.1 Å². The van der Waals surface area contributed by atoms with E-state index in [1.165, 1.54) is 4.31 Å². The highest BCUT2D eigenvalue weighted by atomic mass is 32.2. The number of carbonyl (C=O) groups is 1. The van der Waals surface area contributed by atoms with Gasteiger partial charge < -0.3 is 19.2 Å². The predicted molar refractivity (Wildman–Crippen MR) is 125 cm³/mol. The number of nitrogens with one attached hydrogen (secondary N) is 1. The Labute approximate surface area is 193 Å². The molecule has 0 saturated carbocycles. The summed E-state index contributed by atoms with van der Waals surface area (Å²) in [6.45, 7) is 4.49. The normalized spacial score (nSPS) is 19.5. The van der Waals surface area contributed by atoms with Crippen molar-refractivity contribution in [2.24, 2.45) is 0 Å². The van der Waals surface area contributed by atoms with E-state index in [0.717, 1.165) is 10.8 Å². The van der Waals surface area contributed by atoms with Gasteiger partial charge in [0.05, 0.1) is 18.0 Å². The average molecular weight is 473 g/mol. The van der Waals surface area contributed by atoms with Crippen molar-refractivity contribution in [2.75, 3.05) is 25.4 Å². The Morgan fingerprint density at radius 1 is 1.06 bits per heavy atom. The maximum atomic E-state index is 12.6. The molecule has 1 aliphatic rings. The second-order valence-corrected chi connectivity index (χ2v) is 10.3. The van der Waals surface area contributed by atoms with Gasteiger partial charge in [-0.25, -0.2) is 8.42 Å². The number of benzene rings is 2. The maximum absolute atomic E-state index is 12.6. The van der Waals surface area contributed by atoms with Gasteiger partial charge in [0.2, 0.25) is 10.0 Å². The number of hydrogen-bond donors (Lipinski definition) is 1. The lowest BCUT2D eigenvalue weighted by Gasteiger charge is -2.34. The number of nitrogens with zero attached hydrogens (tertiary/aromatic N) is 1. The average Bonchev–Trinajstić information content (AvgIpc) is 3.26. The summed E-state index contributed by atoms with van der Waals surface area (Å²) < 4.78 is 43.5. The van der Waals surface area contributed by atoms with Crippen LogP contribution in [0.1, 0.15) is 30.2 Å². The Balaban J connectivity index is 1.27. The number of furan rings is 1. The molecule has 0 bridgehead atoms. The van der Waals surface area contributed by atoms with Gasteiger partial charge in [-0.3, -0.25) is 4.79 Å². The van der Waals surface area contributed by atoms with Crippen LogP contribution in [0.5, 0.6) is 5.75 Å². The van der Waals surface area contributed by atoms with Crippen LogP contribution >= 0.6 is 0 Å². The van der Waals surface area contributed by atoms with Crippen molar-refractivity contribution < 1.29 is 27.1 Å². The molecule has 3 aromatic rings. The summed E-state index contributed by atoms with van der Waals surface area (Å²) in [5.41, 5.74) is 0. The maximum Gasteiger partial charge on any atom is 0.287 e. The Bertz CT molecular complexity index is 1210. The first kappa shape index (κ1) is 23.3. The summed E-state index contributed by atoms with van der Waals surface area (Å²) in [7, 11) is -3.49. The van der Waals surface area contributed by atoms with Crippen LogP contribution in [0.15, 0.2) is 59.0 Å². The fourth-order valence-corrected chi connectivity index (χ4v) is 5.35. The van der Waals surface area contributed by atoms with E-state index in [9.17, 15) is 13.2 Å². The van der Waals surface area contributed by atoms with Crippen molar-refractivity contribution in [1.29, 1.82) is 0 Å². The van der Waals surface area contributed by atoms with Gasteiger partial charge in [-0.05, 0) is 48.9 Å². The van der Waals surface area contributed by atoms with E-state index in [0.29, 0.717) is 24.6 Å². The van der Waals surface area contributed by atoms with E-state index >= 15 is 0 Å². The molecule has 2 heterocycles. The lowest BCUT2D eigenvalue weighted by atomic mass is 10.1. The number of ether oxygens (including phenoxy) is 2. The van der Waals surface area contributed by atoms with Crippen LogP contribution < -0.4 is 10.1 Å². The van der Waals surface area contributed by atoms with Crippen LogP contribution in [0.3, 0.4) is 0 Å². The Morgan fingerprint density at radius 2 is 1.79 bits per heavy atom. The van der Waals surface area contributed by atoms with Gasteiger partial charge in [-0.2, -0.15) is 4.31 Å². The van der Waals surface area contributed by atoms with Crippen LogP contribution in [-0.4, -0.2) is 56.2 Å². The Hall–Kier alpha value is -2.88. The van der Waals surface area contributed by atoms with Crippen LogP contribution in [0, 0.1) is 0 Å². The fraction of sp³-hybridized carbons (Fsp3) is 0.375. The zero-order valence-corrected chi connectivity index (χ0v) is 19.5. The zero-order chi connectivity index (χ0) is 23.4. The van der Waals surface area contributed by atoms with Gasteiger partial charge in [-0.1, -0.05) is 30.3 Å². The molecule has 2 unspecified atom stereocenters. The number of rotatable bonds is 8. The molecule has 33 heavy (non-hydrogen) atoms. The summed E-state index contributed by atoms with van der Waals surface area (Å²) in [5.74, 6) is 0.658. The minimum atomic E-state index is -3.49. The number of fused-ring (bicyclic) bond motifs is 1. The third kappa shape index (κ3) is 5.93. The molecule has 4 rings (SSSR count). The largest absolute Gasteiger partial charge is 0.486 e. The topological polar surface area (TPSA) is 98.1 Å². The molecule has 176 valence electrons. The standard InChI is InChI=1S/C24H28N2O6S/c1-17-14-26(15-18(2)31-17)33(28,29)12-11-25-24(27)23-10-9-22(32-23)16-30-21-8-7-19-5-3-4-6-20(19)13-21/h3-10,13,17-18H,11-12,14-16H2,1-2H3,(H,25,27). The van der Waals surface area contributed by atoms with Crippen LogP contribution in [-0.2, 0) is 21.4 Å². The molecule has 1 aliphatic heterocycles. The lowest BCUT2D eigenvalue weighted by molar-refractivity contribution is -0.0440. The van der Waals surface area contributed by atoms with E-state index in [-0.39, 0.29) is 36.9 Å². The van der Waals surface area contributed by atoms with Crippen molar-refractivity contribution >= 4 is 26.7 Å². The van der Waals surface area contributed by atoms with Crippen molar-refractivity contribution in [1.82, 2.24) is 9.62 Å². The SMILES string of the molecule is CC1CN(S(=O)(=O)CCNC(=O)c2ccc(COc3ccc4ccccc4c3)o2)CC(C)O1. The monoisotopic (exact) mass is 472 g/mol. The van der Waals surface area contributed by atoms with E-state index in [1.54, 1.807) is 12.1 Å². The summed E-state index contributed by atoms with van der Waals surface area (Å²) >= 11 is 0. The second-order valence-electron chi connectivity index (χ2n) is 8.21. The first-order chi connectivity index (χ1) is 15.8. The highest BCUT2D eigenvalue weighted by molar-refractivity contribution is 7.89. The van der Waals surface area contributed by atoms with E-state index in [2.05, 4.69) is 5.32 Å². The lowest BCUT2D eigenvalue weighted by Crippen LogP contribution is -2.49. The number of amides is 1. The van der Waals surface area contributed by atoms with Crippen LogP contribution in [0.4, 0.5) is 0 Å². The van der Waals surface area contributed by atoms with E-state index < -0.39 is 15.9 Å². The fourth-order valence-electron chi connectivity index (χ4n) is 3.86. The minimum absolute atomic E-state index is 0.00902. The zero-order valence-electron chi connectivity index (χ0n) is 18.7. The van der Waals surface area contributed by atoms with E-state index in [4.69, 9.17) is 13.9 Å². The molecule has 8 nitrogen and oxygen atoms in total. The van der Waals surface area contributed by atoms with Crippen LogP contribution in [0.2, 0.25) is 0 Å². The molecule has 1 amide bonds. The van der Waals surface area contributed by atoms with Crippen molar-refractivity contribution in [3.8, 4) is 5.75 Å². The second kappa shape index (κ2) is 9.94. The summed E-state index contributed by atoms with van der Waals surface area (Å²) in [6.07, 6.45) is -0.312. The van der Waals surface area contributed by atoms with Gasteiger partial charge in [0.15, 0.2) is 5.76 Å². The summed E-state index contributed by atoms with van der Waals surface area (Å²) in [5, 5.41) is 4.81. The molecule has 1 fully saturated rings. The number of carbonyl (C=O) groups excluding carboxylic acids is 1. The molecule has 0 radical (unpaired) electrons. The molecular weight excluding hydrogens is 444 g/mol. The molecule has 9 heteroatoms.